The number of sulfonamides is 1. The average molecular weight is 501 g/mol. The van der Waals surface area contributed by atoms with E-state index < -0.39 is 21.9 Å². The van der Waals surface area contributed by atoms with Gasteiger partial charge in [-0.05, 0) is 60.2 Å². The van der Waals surface area contributed by atoms with Gasteiger partial charge in [0, 0.05) is 28.7 Å². The molecule has 2 N–H and O–H groups in total. The minimum absolute atomic E-state index is 0.0593. The quantitative estimate of drug-likeness (QED) is 0.511. The summed E-state index contributed by atoms with van der Waals surface area (Å²) in [6, 6.07) is 15.0. The van der Waals surface area contributed by atoms with E-state index in [1.807, 2.05) is 6.92 Å². The highest BCUT2D eigenvalue weighted by atomic mass is 35.5. The van der Waals surface area contributed by atoms with Gasteiger partial charge >= 0.3 is 5.97 Å². The van der Waals surface area contributed by atoms with Crippen LogP contribution in [0.1, 0.15) is 39.1 Å². The Labute approximate surface area is 201 Å². The molecule has 0 aromatic heterocycles. The number of carbonyl (C=O) groups excluding carboxylic acids is 1. The standard InChI is InChI=1S/C24H21ClN2O6S/c1-14-13-27(34(31,32)22-12-17(25)6-10-21(22)33-2)20-11-16(5-9-19(14)20)23(28)26-18-7-3-15(4-8-18)24(29)30/h3-12,14H,13H2,1-2H3,(H,26,28)(H,29,30)/t14-/m0/s1. The van der Waals surface area contributed by atoms with E-state index in [0.717, 1.165) is 5.56 Å². The van der Waals surface area contributed by atoms with Gasteiger partial charge in [-0.25, -0.2) is 13.2 Å². The molecular formula is C24H21ClN2O6S. The molecule has 0 bridgehead atoms. The molecule has 0 aliphatic carbocycles. The molecule has 0 saturated carbocycles. The lowest BCUT2D eigenvalue weighted by Crippen LogP contribution is -2.30. The summed E-state index contributed by atoms with van der Waals surface area (Å²) in [6.07, 6.45) is 0. The first-order chi connectivity index (χ1) is 16.1. The van der Waals surface area contributed by atoms with Gasteiger partial charge < -0.3 is 15.2 Å². The van der Waals surface area contributed by atoms with Crippen LogP contribution in [0, 0.1) is 0 Å². The third-order valence-corrected chi connectivity index (χ3v) is 7.65. The summed E-state index contributed by atoms with van der Waals surface area (Å²) in [5.74, 6) is -1.44. The molecule has 3 aromatic carbocycles. The first-order valence-corrected chi connectivity index (χ1v) is 12.1. The average Bonchev–Trinajstić information content (AvgIpc) is 3.16. The molecule has 176 valence electrons. The monoisotopic (exact) mass is 500 g/mol. The number of carboxylic acids is 1. The van der Waals surface area contributed by atoms with Crippen molar-refractivity contribution in [3.05, 3.63) is 82.4 Å². The molecule has 0 spiro atoms. The predicted octanol–water partition coefficient (Wildman–Crippen LogP) is 4.61. The Morgan fingerprint density at radius 2 is 1.74 bits per heavy atom. The van der Waals surface area contributed by atoms with E-state index in [2.05, 4.69) is 5.32 Å². The molecule has 1 atom stereocenters. The van der Waals surface area contributed by atoms with Crippen molar-refractivity contribution in [1.82, 2.24) is 0 Å². The lowest BCUT2D eigenvalue weighted by Gasteiger charge is -2.22. The van der Waals surface area contributed by atoms with Crippen molar-refractivity contribution in [3.8, 4) is 5.75 Å². The molecule has 1 aliphatic rings. The van der Waals surface area contributed by atoms with Gasteiger partial charge in [0.15, 0.2) is 0 Å². The number of benzene rings is 3. The largest absolute Gasteiger partial charge is 0.495 e. The van der Waals surface area contributed by atoms with Crippen molar-refractivity contribution in [2.24, 2.45) is 0 Å². The molecule has 4 rings (SSSR count). The number of fused-ring (bicyclic) bond motifs is 1. The Morgan fingerprint density at radius 3 is 2.38 bits per heavy atom. The summed E-state index contributed by atoms with van der Waals surface area (Å²) in [7, 11) is -2.64. The number of hydrogen-bond acceptors (Lipinski definition) is 5. The van der Waals surface area contributed by atoms with Crippen molar-refractivity contribution in [3.63, 3.8) is 0 Å². The maximum Gasteiger partial charge on any atom is 0.335 e. The Bertz CT molecular complexity index is 1390. The molecular weight excluding hydrogens is 480 g/mol. The maximum atomic E-state index is 13.6. The third-order valence-electron chi connectivity index (χ3n) is 5.62. The summed E-state index contributed by atoms with van der Waals surface area (Å²) in [5.41, 5.74) is 1.97. The van der Waals surface area contributed by atoms with Gasteiger partial charge in [-0.15, -0.1) is 0 Å². The van der Waals surface area contributed by atoms with E-state index in [-0.39, 0.29) is 39.3 Å². The van der Waals surface area contributed by atoms with Crippen LogP contribution in [0.2, 0.25) is 5.02 Å². The molecule has 8 nitrogen and oxygen atoms in total. The number of nitrogens with one attached hydrogen (secondary N) is 1. The van der Waals surface area contributed by atoms with E-state index >= 15 is 0 Å². The Kier molecular flexibility index (Phi) is 6.24. The van der Waals surface area contributed by atoms with Crippen LogP contribution in [0.25, 0.3) is 0 Å². The third kappa shape index (κ3) is 4.32. The van der Waals surface area contributed by atoms with Crippen molar-refractivity contribution >= 4 is 44.9 Å². The first-order valence-electron chi connectivity index (χ1n) is 10.3. The molecule has 0 saturated heterocycles. The van der Waals surface area contributed by atoms with E-state index in [0.29, 0.717) is 11.4 Å². The minimum atomic E-state index is -4.03. The SMILES string of the molecule is COc1ccc(Cl)cc1S(=O)(=O)N1C[C@H](C)c2ccc(C(=O)Nc3ccc(C(=O)O)cc3)cc21. The zero-order chi connectivity index (χ0) is 24.6. The fourth-order valence-electron chi connectivity index (χ4n) is 3.86. The van der Waals surface area contributed by atoms with E-state index in [1.165, 1.54) is 53.9 Å². The number of hydrogen-bond donors (Lipinski definition) is 2. The highest BCUT2D eigenvalue weighted by Gasteiger charge is 2.37. The Balaban J connectivity index is 1.67. The summed E-state index contributed by atoms with van der Waals surface area (Å²) in [6.45, 7) is 2.11. The summed E-state index contributed by atoms with van der Waals surface area (Å²) < 4.78 is 33.7. The van der Waals surface area contributed by atoms with Crippen LogP contribution in [0.5, 0.6) is 5.75 Å². The fraction of sp³-hybridized carbons (Fsp3) is 0.167. The second-order valence-electron chi connectivity index (χ2n) is 7.84. The van der Waals surface area contributed by atoms with Crippen LogP contribution >= 0.6 is 11.6 Å². The number of halogens is 1. The Hall–Kier alpha value is -3.56. The molecule has 3 aromatic rings. The van der Waals surface area contributed by atoms with Crippen molar-refractivity contribution in [2.75, 3.05) is 23.3 Å². The highest BCUT2D eigenvalue weighted by molar-refractivity contribution is 7.93. The summed E-state index contributed by atoms with van der Waals surface area (Å²) in [4.78, 5) is 23.8. The van der Waals surface area contributed by atoms with Gasteiger partial charge in [0.25, 0.3) is 15.9 Å². The van der Waals surface area contributed by atoms with Crippen LogP contribution < -0.4 is 14.4 Å². The number of rotatable bonds is 6. The minimum Gasteiger partial charge on any atom is -0.495 e. The van der Waals surface area contributed by atoms with Crippen LogP contribution in [0.4, 0.5) is 11.4 Å². The number of carboxylic acid groups (broad SMARTS) is 1. The van der Waals surface area contributed by atoms with Crippen molar-refractivity contribution < 1.29 is 27.9 Å². The van der Waals surface area contributed by atoms with Crippen LogP contribution in [-0.2, 0) is 10.0 Å². The zero-order valence-corrected chi connectivity index (χ0v) is 19.9. The predicted molar refractivity (Wildman–Crippen MR) is 129 cm³/mol. The van der Waals surface area contributed by atoms with E-state index in [4.69, 9.17) is 21.4 Å². The molecule has 1 heterocycles. The summed E-state index contributed by atoms with van der Waals surface area (Å²) >= 11 is 6.06. The molecule has 34 heavy (non-hydrogen) atoms. The smallest absolute Gasteiger partial charge is 0.335 e. The number of nitrogens with zero attached hydrogens (tertiary/aromatic N) is 1. The second kappa shape index (κ2) is 9.00. The molecule has 1 aliphatic heterocycles. The number of ether oxygens (including phenoxy) is 1. The molecule has 0 radical (unpaired) electrons. The number of anilines is 2. The first kappa shape index (κ1) is 23.6. The number of amides is 1. The van der Waals surface area contributed by atoms with Crippen LogP contribution in [0.15, 0.2) is 65.6 Å². The zero-order valence-electron chi connectivity index (χ0n) is 18.3. The fourth-order valence-corrected chi connectivity index (χ4v) is 5.85. The van der Waals surface area contributed by atoms with E-state index in [9.17, 15) is 18.0 Å². The lowest BCUT2D eigenvalue weighted by molar-refractivity contribution is 0.0696. The van der Waals surface area contributed by atoms with Gasteiger partial charge in [0.05, 0.1) is 18.4 Å². The van der Waals surface area contributed by atoms with Crippen LogP contribution in [0.3, 0.4) is 0 Å². The van der Waals surface area contributed by atoms with Gasteiger partial charge in [-0.1, -0.05) is 24.6 Å². The van der Waals surface area contributed by atoms with Gasteiger partial charge in [0.1, 0.15) is 10.6 Å². The van der Waals surface area contributed by atoms with Gasteiger partial charge in [0.2, 0.25) is 0 Å². The van der Waals surface area contributed by atoms with Gasteiger partial charge in [-0.2, -0.15) is 0 Å². The molecule has 10 heteroatoms. The normalized spacial score (nSPS) is 15.0. The second-order valence-corrected chi connectivity index (χ2v) is 10.1. The molecule has 1 amide bonds. The highest BCUT2D eigenvalue weighted by Crippen LogP contribution is 2.42. The van der Waals surface area contributed by atoms with Crippen LogP contribution in [-0.4, -0.2) is 39.1 Å². The number of methoxy groups -OCH3 is 1. The van der Waals surface area contributed by atoms with E-state index in [1.54, 1.807) is 18.2 Å². The topological polar surface area (TPSA) is 113 Å². The van der Waals surface area contributed by atoms with Crippen molar-refractivity contribution in [1.29, 1.82) is 0 Å². The number of aromatic carboxylic acids is 1. The lowest BCUT2D eigenvalue weighted by atomic mass is 10.0. The van der Waals surface area contributed by atoms with Crippen molar-refractivity contribution in [2.45, 2.75) is 17.7 Å². The Morgan fingerprint density at radius 1 is 1.06 bits per heavy atom. The number of carbonyl (C=O) groups is 2. The molecule has 0 fully saturated rings. The summed E-state index contributed by atoms with van der Waals surface area (Å²) in [5, 5.41) is 12.0. The van der Waals surface area contributed by atoms with Gasteiger partial charge in [-0.3, -0.25) is 9.10 Å². The molecule has 0 unspecified atom stereocenters. The maximum absolute atomic E-state index is 13.6.